The third-order valence-electron chi connectivity index (χ3n) is 4.12. The molecule has 0 aliphatic carbocycles. The molecule has 0 aliphatic rings. The second-order valence-corrected chi connectivity index (χ2v) is 7.47. The predicted molar refractivity (Wildman–Crippen MR) is 119 cm³/mol. The van der Waals surface area contributed by atoms with Crippen LogP contribution in [-0.2, 0) is 4.79 Å². The number of rotatable bonds is 7. The molecule has 31 heavy (non-hydrogen) atoms. The highest BCUT2D eigenvalue weighted by Gasteiger charge is 2.21. The van der Waals surface area contributed by atoms with Crippen molar-refractivity contribution in [3.05, 3.63) is 67.7 Å². The zero-order valence-electron chi connectivity index (χ0n) is 16.1. The maximum atomic E-state index is 12.8. The third-order valence-corrected chi connectivity index (χ3v) is 4.97. The number of aromatic nitrogens is 2. The lowest BCUT2D eigenvalue weighted by Gasteiger charge is -2.19. The minimum Gasteiger partial charge on any atom is -0.491 e. The van der Waals surface area contributed by atoms with Crippen molar-refractivity contribution in [1.82, 2.24) is 9.55 Å². The van der Waals surface area contributed by atoms with Crippen LogP contribution in [0.2, 0.25) is 15.1 Å². The molecular formula is C20H16Cl3N3O5. The van der Waals surface area contributed by atoms with E-state index < -0.39 is 11.3 Å². The van der Waals surface area contributed by atoms with Crippen LogP contribution in [0.1, 0.15) is 5.69 Å². The molecule has 2 heterocycles. The quantitative estimate of drug-likeness (QED) is 0.392. The van der Waals surface area contributed by atoms with Crippen molar-refractivity contribution in [3.8, 4) is 17.3 Å². The summed E-state index contributed by atoms with van der Waals surface area (Å²) in [4.78, 5) is 27.7. The van der Waals surface area contributed by atoms with Gasteiger partial charge in [-0.25, -0.2) is 4.98 Å². The van der Waals surface area contributed by atoms with Gasteiger partial charge in [0.25, 0.3) is 0 Å². The largest absolute Gasteiger partial charge is 0.491 e. The van der Waals surface area contributed by atoms with Crippen LogP contribution in [0.25, 0.3) is 16.6 Å². The molecule has 0 saturated heterocycles. The number of nitrogens with two attached hydrogens (primary N) is 1. The first-order valence-corrected chi connectivity index (χ1v) is 9.94. The van der Waals surface area contributed by atoms with Crippen molar-refractivity contribution in [2.24, 2.45) is 5.73 Å². The van der Waals surface area contributed by atoms with Crippen LogP contribution in [0.15, 0.2) is 41.5 Å². The number of amides is 1. The van der Waals surface area contributed by atoms with Gasteiger partial charge in [-0.05, 0) is 6.92 Å². The molecule has 8 nitrogen and oxygen atoms in total. The minimum atomic E-state index is -0.728. The van der Waals surface area contributed by atoms with E-state index >= 15 is 0 Å². The maximum Gasteiger partial charge on any atom is 0.244 e. The van der Waals surface area contributed by atoms with E-state index in [-0.39, 0.29) is 45.1 Å². The summed E-state index contributed by atoms with van der Waals surface area (Å²) in [6, 6.07) is 4.42. The average molecular weight is 485 g/mol. The number of benzene rings is 1. The Morgan fingerprint density at radius 1 is 1.23 bits per heavy atom. The third kappa shape index (κ3) is 4.77. The number of ether oxygens (including phenoxy) is 2. The highest BCUT2D eigenvalue weighted by molar-refractivity contribution is 6.39. The zero-order valence-corrected chi connectivity index (χ0v) is 18.3. The van der Waals surface area contributed by atoms with Crippen LogP contribution < -0.4 is 20.6 Å². The minimum absolute atomic E-state index is 0.0555. The fourth-order valence-corrected chi connectivity index (χ4v) is 3.81. The number of carbonyl (C=O) groups excluding carboxylic acids is 1. The Morgan fingerprint density at radius 3 is 2.52 bits per heavy atom. The molecule has 0 fully saturated rings. The Morgan fingerprint density at radius 2 is 1.90 bits per heavy atom. The lowest BCUT2D eigenvalue weighted by molar-refractivity contribution is -0.113. The SMILES string of the molecule is Cc1cc(=O)c2c(O/C=C/C(N)=O)ncc(Cl)c2n1-c1c(Cl)cc(OCCO)cc1Cl. The summed E-state index contributed by atoms with van der Waals surface area (Å²) in [5.41, 5.74) is 5.76. The number of hydrogen-bond acceptors (Lipinski definition) is 6. The summed E-state index contributed by atoms with van der Waals surface area (Å²) in [6.45, 7) is 1.59. The molecule has 1 amide bonds. The number of halogens is 3. The van der Waals surface area contributed by atoms with Crippen LogP contribution in [0, 0.1) is 6.92 Å². The summed E-state index contributed by atoms with van der Waals surface area (Å²) in [5.74, 6) is -0.441. The van der Waals surface area contributed by atoms with Gasteiger partial charge in [-0.3, -0.25) is 9.59 Å². The molecule has 0 spiro atoms. The molecule has 2 aromatic heterocycles. The van der Waals surface area contributed by atoms with E-state index in [0.717, 1.165) is 12.3 Å². The van der Waals surface area contributed by atoms with Gasteiger partial charge in [0.2, 0.25) is 11.8 Å². The van der Waals surface area contributed by atoms with E-state index in [1.165, 1.54) is 24.4 Å². The Balaban J connectivity index is 2.29. The number of carbonyl (C=O) groups is 1. The molecule has 0 bridgehead atoms. The van der Waals surface area contributed by atoms with Crippen LogP contribution in [0.4, 0.5) is 0 Å². The second-order valence-electron chi connectivity index (χ2n) is 6.25. The molecule has 0 saturated carbocycles. The van der Waals surface area contributed by atoms with Crippen molar-refractivity contribution in [2.45, 2.75) is 6.92 Å². The van der Waals surface area contributed by atoms with Gasteiger partial charge in [-0.15, -0.1) is 0 Å². The molecule has 1 aromatic carbocycles. The number of hydrogen-bond donors (Lipinski definition) is 2. The van der Waals surface area contributed by atoms with Gasteiger partial charge in [0, 0.05) is 30.0 Å². The standard InChI is InChI=1S/C20H16Cl3N3O5/c1-10-6-15(28)17-19(14(23)9-25-20(17)31-4-2-16(24)29)26(10)18-12(21)7-11(8-13(18)22)30-5-3-27/h2,4,6-9,27H,3,5H2,1H3,(H2,24,29)/b4-2+. The first kappa shape index (κ1) is 22.9. The molecule has 11 heteroatoms. The molecule has 162 valence electrons. The summed E-state index contributed by atoms with van der Waals surface area (Å²) in [7, 11) is 0. The smallest absolute Gasteiger partial charge is 0.244 e. The number of primary amides is 1. The lowest BCUT2D eigenvalue weighted by Crippen LogP contribution is -2.14. The van der Waals surface area contributed by atoms with Gasteiger partial charge in [0.15, 0.2) is 5.43 Å². The van der Waals surface area contributed by atoms with Gasteiger partial charge >= 0.3 is 0 Å². The Labute approximate surface area is 191 Å². The van der Waals surface area contributed by atoms with Crippen LogP contribution in [-0.4, -0.2) is 33.8 Å². The number of nitrogens with zero attached hydrogens (tertiary/aromatic N) is 2. The summed E-state index contributed by atoms with van der Waals surface area (Å²) in [5, 5.41) is 9.58. The van der Waals surface area contributed by atoms with Crippen molar-refractivity contribution in [2.75, 3.05) is 13.2 Å². The molecule has 0 unspecified atom stereocenters. The van der Waals surface area contributed by atoms with Gasteiger partial charge < -0.3 is 24.9 Å². The summed E-state index contributed by atoms with van der Waals surface area (Å²) < 4.78 is 12.3. The van der Waals surface area contributed by atoms with Crippen molar-refractivity contribution in [1.29, 1.82) is 0 Å². The molecule has 3 aromatic rings. The normalized spacial score (nSPS) is 11.3. The average Bonchev–Trinajstić information content (AvgIpc) is 2.69. The van der Waals surface area contributed by atoms with Gasteiger partial charge in [-0.2, -0.15) is 0 Å². The first-order chi connectivity index (χ1) is 14.7. The van der Waals surface area contributed by atoms with Gasteiger partial charge in [0.1, 0.15) is 17.7 Å². The van der Waals surface area contributed by atoms with E-state index in [9.17, 15) is 9.59 Å². The lowest BCUT2D eigenvalue weighted by atomic mass is 10.2. The molecule has 0 radical (unpaired) electrons. The van der Waals surface area contributed by atoms with Crippen molar-refractivity contribution >= 4 is 51.6 Å². The summed E-state index contributed by atoms with van der Waals surface area (Å²) in [6.07, 6.45) is 3.30. The van der Waals surface area contributed by atoms with Crippen LogP contribution in [0.3, 0.4) is 0 Å². The topological polar surface area (TPSA) is 117 Å². The van der Waals surface area contributed by atoms with Crippen LogP contribution in [0.5, 0.6) is 11.6 Å². The van der Waals surface area contributed by atoms with E-state index in [1.54, 1.807) is 11.5 Å². The number of aryl methyl sites for hydroxylation is 1. The molecule has 0 atom stereocenters. The van der Waals surface area contributed by atoms with E-state index in [1.807, 2.05) is 0 Å². The second kappa shape index (κ2) is 9.57. The van der Waals surface area contributed by atoms with Crippen LogP contribution >= 0.6 is 34.8 Å². The number of fused-ring (bicyclic) bond motifs is 1. The highest BCUT2D eigenvalue weighted by atomic mass is 35.5. The fourth-order valence-electron chi connectivity index (χ4n) is 2.95. The Bertz CT molecular complexity index is 1230. The molecule has 0 aliphatic heterocycles. The predicted octanol–water partition coefficient (Wildman–Crippen LogP) is 3.40. The zero-order chi connectivity index (χ0) is 22.7. The maximum absolute atomic E-state index is 12.8. The van der Waals surface area contributed by atoms with Crippen molar-refractivity contribution in [3.63, 3.8) is 0 Å². The number of aliphatic hydroxyl groups is 1. The van der Waals surface area contributed by atoms with E-state index in [0.29, 0.717) is 17.1 Å². The Kier molecular flexibility index (Phi) is 7.07. The van der Waals surface area contributed by atoms with Gasteiger partial charge in [0.05, 0.1) is 45.3 Å². The highest BCUT2D eigenvalue weighted by Crippen LogP contribution is 2.38. The van der Waals surface area contributed by atoms with E-state index in [2.05, 4.69) is 4.98 Å². The molecular weight excluding hydrogens is 469 g/mol. The molecule has 3 rings (SSSR count). The Hall–Kier alpha value is -2.78. The number of aliphatic hydroxyl groups excluding tert-OH is 1. The number of pyridine rings is 2. The monoisotopic (exact) mass is 483 g/mol. The molecule has 3 N–H and O–H groups in total. The first-order valence-electron chi connectivity index (χ1n) is 8.81. The summed E-state index contributed by atoms with van der Waals surface area (Å²) >= 11 is 19.4. The van der Waals surface area contributed by atoms with E-state index in [4.69, 9.17) is 55.1 Å². The fraction of sp³-hybridized carbons (Fsp3) is 0.150. The van der Waals surface area contributed by atoms with Crippen molar-refractivity contribution < 1.29 is 19.4 Å². The van der Waals surface area contributed by atoms with Gasteiger partial charge in [-0.1, -0.05) is 34.8 Å².